The fourth-order valence-corrected chi connectivity index (χ4v) is 1.34. The summed E-state index contributed by atoms with van der Waals surface area (Å²) in [6.45, 7) is 3.92. The standard InChI is InChI=1S/C11H19N5O/c1-3-13-11(17)9-5-6-10(15-14-9)16(2)8-4-7-12/h5-6H,3-4,7-8,12H2,1-2H3,(H,13,17). The molecule has 0 fully saturated rings. The molecule has 0 aliphatic heterocycles. The van der Waals surface area contributed by atoms with E-state index in [9.17, 15) is 4.79 Å². The fourth-order valence-electron chi connectivity index (χ4n) is 1.34. The molecule has 1 aromatic heterocycles. The summed E-state index contributed by atoms with van der Waals surface area (Å²) < 4.78 is 0. The summed E-state index contributed by atoms with van der Waals surface area (Å²) in [4.78, 5) is 13.4. The van der Waals surface area contributed by atoms with Gasteiger partial charge in [0.05, 0.1) is 0 Å². The monoisotopic (exact) mass is 237 g/mol. The van der Waals surface area contributed by atoms with E-state index in [2.05, 4.69) is 15.5 Å². The van der Waals surface area contributed by atoms with Gasteiger partial charge in [-0.15, -0.1) is 10.2 Å². The number of anilines is 1. The number of nitrogens with one attached hydrogen (secondary N) is 1. The van der Waals surface area contributed by atoms with Gasteiger partial charge in [-0.2, -0.15) is 0 Å². The second-order valence-corrected chi connectivity index (χ2v) is 3.70. The maximum absolute atomic E-state index is 11.5. The summed E-state index contributed by atoms with van der Waals surface area (Å²) >= 11 is 0. The smallest absolute Gasteiger partial charge is 0.271 e. The third-order valence-corrected chi connectivity index (χ3v) is 2.31. The number of nitrogens with zero attached hydrogens (tertiary/aromatic N) is 3. The van der Waals surface area contributed by atoms with E-state index in [0.717, 1.165) is 18.8 Å². The van der Waals surface area contributed by atoms with Crippen molar-refractivity contribution >= 4 is 11.7 Å². The SMILES string of the molecule is CCNC(=O)c1ccc(N(C)CCCN)nn1. The molecule has 0 aliphatic rings. The first-order valence-electron chi connectivity index (χ1n) is 5.72. The first-order chi connectivity index (χ1) is 8.19. The molecule has 1 aromatic rings. The Morgan fingerprint density at radius 3 is 2.76 bits per heavy atom. The largest absolute Gasteiger partial charge is 0.358 e. The summed E-state index contributed by atoms with van der Waals surface area (Å²) in [5, 5.41) is 10.6. The van der Waals surface area contributed by atoms with Gasteiger partial charge in [-0.3, -0.25) is 4.79 Å². The lowest BCUT2D eigenvalue weighted by molar-refractivity contribution is 0.0950. The Morgan fingerprint density at radius 1 is 1.47 bits per heavy atom. The van der Waals surface area contributed by atoms with Crippen molar-refractivity contribution in [1.29, 1.82) is 0 Å². The van der Waals surface area contributed by atoms with Crippen LogP contribution in [0.5, 0.6) is 0 Å². The molecule has 0 bridgehead atoms. The fraction of sp³-hybridized carbons (Fsp3) is 0.545. The average molecular weight is 237 g/mol. The Balaban J connectivity index is 2.64. The molecule has 1 amide bonds. The van der Waals surface area contributed by atoms with Gasteiger partial charge < -0.3 is 16.0 Å². The number of amides is 1. The van der Waals surface area contributed by atoms with Crippen LogP contribution in [-0.2, 0) is 0 Å². The molecule has 0 saturated carbocycles. The first kappa shape index (κ1) is 13.4. The Labute approximate surface area is 101 Å². The van der Waals surface area contributed by atoms with Crippen molar-refractivity contribution < 1.29 is 4.79 Å². The number of rotatable bonds is 6. The molecular formula is C11H19N5O. The maximum atomic E-state index is 11.5. The van der Waals surface area contributed by atoms with Gasteiger partial charge >= 0.3 is 0 Å². The number of nitrogens with two attached hydrogens (primary N) is 1. The van der Waals surface area contributed by atoms with Crippen molar-refractivity contribution in [3.63, 3.8) is 0 Å². The first-order valence-corrected chi connectivity index (χ1v) is 5.72. The second-order valence-electron chi connectivity index (χ2n) is 3.70. The summed E-state index contributed by atoms with van der Waals surface area (Å²) in [6.07, 6.45) is 0.899. The van der Waals surface area contributed by atoms with Crippen LogP contribution < -0.4 is 16.0 Å². The molecule has 1 rings (SSSR count). The normalized spacial score (nSPS) is 10.1. The Bertz CT molecular complexity index is 351. The van der Waals surface area contributed by atoms with Crippen molar-refractivity contribution in [3.8, 4) is 0 Å². The highest BCUT2D eigenvalue weighted by atomic mass is 16.1. The summed E-state index contributed by atoms with van der Waals surface area (Å²) in [5.41, 5.74) is 5.77. The van der Waals surface area contributed by atoms with Crippen LogP contribution in [-0.4, -0.2) is 42.8 Å². The summed E-state index contributed by atoms with van der Waals surface area (Å²) in [7, 11) is 1.92. The van der Waals surface area contributed by atoms with Crippen LogP contribution >= 0.6 is 0 Å². The van der Waals surface area contributed by atoms with Crippen LogP contribution in [0.1, 0.15) is 23.8 Å². The number of aromatic nitrogens is 2. The molecule has 6 heteroatoms. The lowest BCUT2D eigenvalue weighted by atomic mass is 10.3. The van der Waals surface area contributed by atoms with Gasteiger partial charge in [0.2, 0.25) is 0 Å². The molecule has 17 heavy (non-hydrogen) atoms. The molecule has 6 nitrogen and oxygen atoms in total. The minimum atomic E-state index is -0.198. The zero-order valence-electron chi connectivity index (χ0n) is 10.3. The third-order valence-electron chi connectivity index (χ3n) is 2.31. The van der Waals surface area contributed by atoms with Crippen LogP contribution in [0.3, 0.4) is 0 Å². The van der Waals surface area contributed by atoms with Crippen molar-refractivity contribution in [3.05, 3.63) is 17.8 Å². The molecule has 0 aromatic carbocycles. The van der Waals surface area contributed by atoms with E-state index in [1.165, 1.54) is 0 Å². The average Bonchev–Trinajstić information content (AvgIpc) is 2.36. The van der Waals surface area contributed by atoms with E-state index in [-0.39, 0.29) is 5.91 Å². The van der Waals surface area contributed by atoms with Crippen molar-refractivity contribution in [1.82, 2.24) is 15.5 Å². The highest BCUT2D eigenvalue weighted by Gasteiger charge is 2.08. The highest BCUT2D eigenvalue weighted by Crippen LogP contribution is 2.07. The Morgan fingerprint density at radius 2 is 2.24 bits per heavy atom. The van der Waals surface area contributed by atoms with E-state index in [1.54, 1.807) is 12.1 Å². The lowest BCUT2D eigenvalue weighted by Crippen LogP contribution is -2.25. The summed E-state index contributed by atoms with van der Waals surface area (Å²) in [6, 6.07) is 3.46. The minimum absolute atomic E-state index is 0.198. The van der Waals surface area contributed by atoms with E-state index >= 15 is 0 Å². The van der Waals surface area contributed by atoms with Gasteiger partial charge in [-0.25, -0.2) is 0 Å². The van der Waals surface area contributed by atoms with Crippen LogP contribution in [0.2, 0.25) is 0 Å². The van der Waals surface area contributed by atoms with E-state index in [4.69, 9.17) is 5.73 Å². The molecular weight excluding hydrogens is 218 g/mol. The Hall–Kier alpha value is -1.69. The summed E-state index contributed by atoms with van der Waals surface area (Å²) in [5.74, 6) is 0.544. The van der Waals surface area contributed by atoms with Gasteiger partial charge in [0.15, 0.2) is 11.5 Å². The van der Waals surface area contributed by atoms with Crippen molar-refractivity contribution in [2.45, 2.75) is 13.3 Å². The molecule has 94 valence electrons. The van der Waals surface area contributed by atoms with Crippen LogP contribution in [0.4, 0.5) is 5.82 Å². The van der Waals surface area contributed by atoms with Crippen LogP contribution in [0, 0.1) is 0 Å². The van der Waals surface area contributed by atoms with Gasteiger partial charge in [0.25, 0.3) is 5.91 Å². The minimum Gasteiger partial charge on any atom is -0.358 e. The zero-order chi connectivity index (χ0) is 12.7. The molecule has 0 aliphatic carbocycles. The molecule has 0 unspecified atom stereocenters. The van der Waals surface area contributed by atoms with E-state index < -0.39 is 0 Å². The zero-order valence-corrected chi connectivity index (χ0v) is 10.3. The van der Waals surface area contributed by atoms with Gasteiger partial charge in [0, 0.05) is 20.1 Å². The van der Waals surface area contributed by atoms with Gasteiger partial charge in [0.1, 0.15) is 0 Å². The lowest BCUT2D eigenvalue weighted by Gasteiger charge is -2.16. The molecule has 0 radical (unpaired) electrons. The quantitative estimate of drug-likeness (QED) is 0.728. The molecule has 0 atom stereocenters. The van der Waals surface area contributed by atoms with Gasteiger partial charge in [-0.1, -0.05) is 0 Å². The van der Waals surface area contributed by atoms with Crippen molar-refractivity contribution in [2.75, 3.05) is 31.6 Å². The number of carbonyl (C=O) groups is 1. The molecule has 0 spiro atoms. The molecule has 1 heterocycles. The number of hydrogen-bond acceptors (Lipinski definition) is 5. The Kier molecular flexibility index (Phi) is 5.35. The topological polar surface area (TPSA) is 84.1 Å². The van der Waals surface area contributed by atoms with Crippen molar-refractivity contribution in [2.24, 2.45) is 5.73 Å². The number of hydrogen-bond donors (Lipinski definition) is 2. The van der Waals surface area contributed by atoms with E-state index in [0.29, 0.717) is 18.8 Å². The molecule has 3 N–H and O–H groups in total. The van der Waals surface area contributed by atoms with E-state index in [1.807, 2.05) is 18.9 Å². The predicted molar refractivity (Wildman–Crippen MR) is 67.0 cm³/mol. The van der Waals surface area contributed by atoms with Crippen LogP contribution in [0.15, 0.2) is 12.1 Å². The maximum Gasteiger partial charge on any atom is 0.271 e. The van der Waals surface area contributed by atoms with Crippen LogP contribution in [0.25, 0.3) is 0 Å². The molecule has 0 saturated heterocycles. The predicted octanol–water partition coefficient (Wildman–Crippen LogP) is 0.0113. The number of carbonyl (C=O) groups excluding carboxylic acids is 1. The second kappa shape index (κ2) is 6.80. The van der Waals surface area contributed by atoms with Gasteiger partial charge in [-0.05, 0) is 32.0 Å². The highest BCUT2D eigenvalue weighted by molar-refractivity contribution is 5.92. The third kappa shape index (κ3) is 3.99.